The molecule has 0 radical (unpaired) electrons. The van der Waals surface area contributed by atoms with Crippen LogP contribution in [0.4, 0.5) is 13.2 Å². The SMILES string of the molecule is CO[SiH](CCCCCc1cc(F)c(F)cc1F)OC. The van der Waals surface area contributed by atoms with E-state index in [-0.39, 0.29) is 5.56 Å². The highest BCUT2D eigenvalue weighted by molar-refractivity contribution is 6.44. The summed E-state index contributed by atoms with van der Waals surface area (Å²) in [7, 11) is 1.75. The van der Waals surface area contributed by atoms with E-state index in [1.54, 1.807) is 14.2 Å². The standard InChI is InChI=1S/C13H19F3O2Si/c1-17-19(18-2)7-5-3-4-6-10-8-12(15)13(16)9-11(10)14/h8-9,19H,3-7H2,1-2H3. The molecule has 0 aliphatic carbocycles. The van der Waals surface area contributed by atoms with Crippen LogP contribution in [-0.2, 0) is 15.3 Å². The molecule has 0 aromatic heterocycles. The van der Waals surface area contributed by atoms with Gasteiger partial charge in [-0.2, -0.15) is 0 Å². The number of hydrogen-bond donors (Lipinski definition) is 0. The average Bonchev–Trinajstić information content (AvgIpc) is 2.39. The fourth-order valence-corrected chi connectivity index (χ4v) is 3.18. The number of halogens is 3. The molecule has 1 rings (SSSR count). The Balaban J connectivity index is 2.32. The fraction of sp³-hybridized carbons (Fsp3) is 0.538. The zero-order chi connectivity index (χ0) is 14.3. The molecule has 6 heteroatoms. The first kappa shape index (κ1) is 16.2. The molecule has 0 amide bonds. The molecule has 0 atom stereocenters. The van der Waals surface area contributed by atoms with E-state index in [0.717, 1.165) is 31.4 Å². The van der Waals surface area contributed by atoms with Crippen molar-refractivity contribution in [1.82, 2.24) is 0 Å². The lowest BCUT2D eigenvalue weighted by molar-refractivity contribution is 0.276. The molecular weight excluding hydrogens is 273 g/mol. The van der Waals surface area contributed by atoms with Crippen LogP contribution in [0.2, 0.25) is 6.04 Å². The van der Waals surface area contributed by atoms with Gasteiger partial charge >= 0.3 is 9.28 Å². The molecule has 0 spiro atoms. The number of benzene rings is 1. The van der Waals surface area contributed by atoms with Crippen LogP contribution in [0.25, 0.3) is 0 Å². The molecule has 2 nitrogen and oxygen atoms in total. The third-order valence-electron chi connectivity index (χ3n) is 3.00. The first-order valence-electron chi connectivity index (χ1n) is 6.27. The Morgan fingerprint density at radius 3 is 2.16 bits per heavy atom. The third kappa shape index (κ3) is 5.34. The normalized spacial score (nSPS) is 11.3. The van der Waals surface area contributed by atoms with E-state index in [0.29, 0.717) is 12.5 Å². The molecular formula is C13H19F3O2Si. The van der Waals surface area contributed by atoms with Crippen LogP contribution in [0.5, 0.6) is 0 Å². The number of aryl methyl sites for hydroxylation is 1. The summed E-state index contributed by atoms with van der Waals surface area (Å²) >= 11 is 0. The molecule has 108 valence electrons. The van der Waals surface area contributed by atoms with Crippen LogP contribution >= 0.6 is 0 Å². The van der Waals surface area contributed by atoms with Crippen LogP contribution in [0, 0.1) is 17.5 Å². The van der Waals surface area contributed by atoms with Gasteiger partial charge in [0, 0.05) is 20.3 Å². The third-order valence-corrected chi connectivity index (χ3v) is 4.93. The van der Waals surface area contributed by atoms with E-state index in [9.17, 15) is 13.2 Å². The van der Waals surface area contributed by atoms with E-state index >= 15 is 0 Å². The van der Waals surface area contributed by atoms with Crippen molar-refractivity contribution in [3.05, 3.63) is 35.1 Å². The zero-order valence-electron chi connectivity index (χ0n) is 11.2. The van der Waals surface area contributed by atoms with Crippen molar-refractivity contribution in [3.63, 3.8) is 0 Å². The lowest BCUT2D eigenvalue weighted by Gasteiger charge is -2.10. The molecule has 0 heterocycles. The molecule has 0 fully saturated rings. The number of unbranched alkanes of at least 4 members (excludes halogenated alkanes) is 2. The van der Waals surface area contributed by atoms with Gasteiger partial charge in [0.15, 0.2) is 11.6 Å². The highest BCUT2D eigenvalue weighted by Crippen LogP contribution is 2.17. The minimum atomic E-state index is -1.52. The second-order valence-electron chi connectivity index (χ2n) is 4.36. The Bertz CT molecular complexity index is 398. The summed E-state index contributed by atoms with van der Waals surface area (Å²) in [4.78, 5) is 0. The van der Waals surface area contributed by atoms with E-state index in [1.807, 2.05) is 0 Å². The van der Waals surface area contributed by atoms with Crippen molar-refractivity contribution in [1.29, 1.82) is 0 Å². The average molecular weight is 292 g/mol. The Morgan fingerprint density at radius 1 is 0.895 bits per heavy atom. The molecule has 0 aliphatic rings. The van der Waals surface area contributed by atoms with Crippen molar-refractivity contribution in [2.24, 2.45) is 0 Å². The van der Waals surface area contributed by atoms with E-state index in [1.165, 1.54) is 0 Å². The smallest absolute Gasteiger partial charge is 0.320 e. The van der Waals surface area contributed by atoms with Gasteiger partial charge in [-0.3, -0.25) is 0 Å². The molecule has 0 saturated carbocycles. The summed E-state index contributed by atoms with van der Waals surface area (Å²) in [6.07, 6.45) is 2.96. The first-order chi connectivity index (χ1) is 9.08. The number of hydrogen-bond acceptors (Lipinski definition) is 2. The molecule has 0 bridgehead atoms. The summed E-state index contributed by atoms with van der Waals surface area (Å²) in [5.41, 5.74) is 0.228. The van der Waals surface area contributed by atoms with Gasteiger partial charge in [-0.1, -0.05) is 12.8 Å². The van der Waals surface area contributed by atoms with Gasteiger partial charge in [-0.25, -0.2) is 13.2 Å². The minimum absolute atomic E-state index is 0.228. The van der Waals surface area contributed by atoms with Crippen molar-refractivity contribution >= 4 is 9.28 Å². The lowest BCUT2D eigenvalue weighted by Crippen LogP contribution is -2.18. The molecule has 1 aromatic carbocycles. The van der Waals surface area contributed by atoms with Crippen LogP contribution in [0.3, 0.4) is 0 Å². The second-order valence-corrected chi connectivity index (χ2v) is 6.74. The molecule has 0 aliphatic heterocycles. The van der Waals surface area contributed by atoms with Crippen molar-refractivity contribution in [2.75, 3.05) is 14.2 Å². The molecule has 0 N–H and O–H groups in total. The molecule has 19 heavy (non-hydrogen) atoms. The van der Waals surface area contributed by atoms with Gasteiger partial charge in [0.2, 0.25) is 0 Å². The number of rotatable bonds is 8. The zero-order valence-corrected chi connectivity index (χ0v) is 12.4. The molecule has 1 aromatic rings. The summed E-state index contributed by atoms with van der Waals surface area (Å²) in [5, 5.41) is 0. The van der Waals surface area contributed by atoms with Gasteiger partial charge in [-0.15, -0.1) is 0 Å². The monoisotopic (exact) mass is 292 g/mol. The first-order valence-corrected chi connectivity index (χ1v) is 8.03. The minimum Gasteiger partial charge on any atom is -0.400 e. The summed E-state index contributed by atoms with van der Waals surface area (Å²) in [5.74, 6) is -2.82. The Kier molecular flexibility index (Phi) is 7.12. The highest BCUT2D eigenvalue weighted by atomic mass is 28.3. The van der Waals surface area contributed by atoms with Crippen LogP contribution in [0.1, 0.15) is 24.8 Å². The van der Waals surface area contributed by atoms with Crippen LogP contribution in [0.15, 0.2) is 12.1 Å². The van der Waals surface area contributed by atoms with Gasteiger partial charge in [0.05, 0.1) is 0 Å². The van der Waals surface area contributed by atoms with Crippen molar-refractivity contribution < 1.29 is 22.0 Å². The Hall–Kier alpha value is -0.853. The van der Waals surface area contributed by atoms with Crippen LogP contribution < -0.4 is 0 Å². The van der Waals surface area contributed by atoms with E-state index in [2.05, 4.69) is 0 Å². The van der Waals surface area contributed by atoms with Gasteiger partial charge in [0.25, 0.3) is 0 Å². The fourth-order valence-electron chi connectivity index (χ4n) is 1.89. The molecule has 0 unspecified atom stereocenters. The molecule has 0 saturated heterocycles. The maximum Gasteiger partial charge on any atom is 0.320 e. The van der Waals surface area contributed by atoms with Gasteiger partial charge in [-0.05, 0) is 30.5 Å². The lowest BCUT2D eigenvalue weighted by atomic mass is 10.1. The second kappa shape index (κ2) is 8.34. The van der Waals surface area contributed by atoms with Crippen LogP contribution in [-0.4, -0.2) is 23.5 Å². The predicted molar refractivity (Wildman–Crippen MR) is 69.8 cm³/mol. The Labute approximate surface area is 113 Å². The maximum absolute atomic E-state index is 13.3. The van der Waals surface area contributed by atoms with Gasteiger partial charge < -0.3 is 8.85 Å². The van der Waals surface area contributed by atoms with Crippen molar-refractivity contribution in [2.45, 2.75) is 31.7 Å². The van der Waals surface area contributed by atoms with Crippen molar-refractivity contribution in [3.8, 4) is 0 Å². The largest absolute Gasteiger partial charge is 0.400 e. The topological polar surface area (TPSA) is 18.5 Å². The van der Waals surface area contributed by atoms with E-state index in [4.69, 9.17) is 8.85 Å². The van der Waals surface area contributed by atoms with Gasteiger partial charge in [0.1, 0.15) is 5.82 Å². The quantitative estimate of drug-likeness (QED) is 0.416. The highest BCUT2D eigenvalue weighted by Gasteiger charge is 2.11. The summed E-state index contributed by atoms with van der Waals surface area (Å²) in [6.45, 7) is 0. The summed E-state index contributed by atoms with van der Waals surface area (Å²) in [6, 6.07) is 2.43. The van der Waals surface area contributed by atoms with E-state index < -0.39 is 26.7 Å². The Morgan fingerprint density at radius 2 is 1.53 bits per heavy atom. The summed E-state index contributed by atoms with van der Waals surface area (Å²) < 4.78 is 49.4. The maximum atomic E-state index is 13.3. The predicted octanol–water partition coefficient (Wildman–Crippen LogP) is 3.33.